The zero-order valence-electron chi connectivity index (χ0n) is 18.9. The molecule has 0 fully saturated rings. The highest BCUT2D eigenvalue weighted by Crippen LogP contribution is 2.42. The molecular weight excluding hydrogens is 352 g/mol. The summed E-state index contributed by atoms with van der Waals surface area (Å²) in [5.41, 5.74) is 0. The summed E-state index contributed by atoms with van der Waals surface area (Å²) in [6.45, 7) is 13.8. The van der Waals surface area contributed by atoms with Gasteiger partial charge in [-0.1, -0.05) is 66.5 Å². The first-order chi connectivity index (χ1) is 13.3. The summed E-state index contributed by atoms with van der Waals surface area (Å²) >= 11 is 0. The topological polar surface area (TPSA) is 52.6 Å². The smallest absolute Gasteiger partial charge is 0.313 e. The van der Waals surface area contributed by atoms with E-state index in [0.29, 0.717) is 31.0 Å². The van der Waals surface area contributed by atoms with Crippen molar-refractivity contribution in [2.45, 2.75) is 80.1 Å². The van der Waals surface area contributed by atoms with Gasteiger partial charge in [-0.15, -0.1) is 0 Å². The number of esters is 2. The van der Waals surface area contributed by atoms with Crippen molar-refractivity contribution in [1.29, 1.82) is 0 Å². The molecule has 4 atom stereocenters. The Labute approximate surface area is 172 Å². The van der Waals surface area contributed by atoms with Crippen LogP contribution < -0.4 is 0 Å². The van der Waals surface area contributed by atoms with E-state index in [0.717, 1.165) is 38.5 Å². The lowest BCUT2D eigenvalue weighted by Crippen LogP contribution is -2.42. The average molecular weight is 395 g/mol. The van der Waals surface area contributed by atoms with Gasteiger partial charge >= 0.3 is 11.9 Å². The van der Waals surface area contributed by atoms with Gasteiger partial charge in [-0.3, -0.25) is 9.59 Å². The van der Waals surface area contributed by atoms with Gasteiger partial charge < -0.3 is 9.47 Å². The summed E-state index contributed by atoms with van der Waals surface area (Å²) < 4.78 is 11.1. The first kappa shape index (κ1) is 24.7. The predicted molar refractivity (Wildman–Crippen MR) is 114 cm³/mol. The van der Waals surface area contributed by atoms with Crippen molar-refractivity contribution in [2.75, 3.05) is 13.2 Å². The molecule has 1 rings (SSSR count). The number of carbonyl (C=O) groups is 2. The van der Waals surface area contributed by atoms with Crippen molar-refractivity contribution in [3.8, 4) is 0 Å². The molecule has 1 aliphatic rings. The number of hydrogen-bond donors (Lipinski definition) is 0. The van der Waals surface area contributed by atoms with Gasteiger partial charge in [0.05, 0.1) is 25.0 Å². The average Bonchev–Trinajstić information content (AvgIpc) is 2.62. The Morgan fingerprint density at radius 1 is 0.821 bits per heavy atom. The highest BCUT2D eigenvalue weighted by Gasteiger charge is 2.45. The fourth-order valence-corrected chi connectivity index (χ4v) is 4.09. The largest absolute Gasteiger partial charge is 0.465 e. The molecule has 0 aliphatic heterocycles. The molecule has 28 heavy (non-hydrogen) atoms. The van der Waals surface area contributed by atoms with Gasteiger partial charge in [0.25, 0.3) is 0 Å². The van der Waals surface area contributed by atoms with Gasteiger partial charge in [-0.2, -0.15) is 0 Å². The van der Waals surface area contributed by atoms with Crippen LogP contribution in [-0.4, -0.2) is 25.2 Å². The summed E-state index contributed by atoms with van der Waals surface area (Å²) in [6, 6.07) is 0. The molecular formula is C24H42O4. The van der Waals surface area contributed by atoms with Crippen molar-refractivity contribution in [3.05, 3.63) is 12.2 Å². The minimum Gasteiger partial charge on any atom is -0.465 e. The Kier molecular flexibility index (Phi) is 11.5. The number of carbonyl (C=O) groups excluding carboxylic acids is 2. The van der Waals surface area contributed by atoms with E-state index in [9.17, 15) is 9.59 Å². The number of ether oxygens (including phenoxy) is 2. The van der Waals surface area contributed by atoms with E-state index in [2.05, 4.69) is 47.6 Å². The number of allylic oxidation sites excluding steroid dienone is 1. The fourth-order valence-electron chi connectivity index (χ4n) is 4.09. The molecule has 0 aromatic rings. The second kappa shape index (κ2) is 13.0. The Balaban J connectivity index is 3.11. The molecule has 0 saturated carbocycles. The van der Waals surface area contributed by atoms with Gasteiger partial charge in [-0.05, 0) is 49.4 Å². The third-order valence-electron chi connectivity index (χ3n) is 5.48. The summed E-state index contributed by atoms with van der Waals surface area (Å²) in [5, 5.41) is 0. The van der Waals surface area contributed by atoms with Crippen molar-refractivity contribution in [2.24, 2.45) is 35.5 Å². The van der Waals surface area contributed by atoms with Crippen LogP contribution in [0.2, 0.25) is 0 Å². The zero-order valence-corrected chi connectivity index (χ0v) is 18.9. The SMILES string of the molecule is CCCCOC(=O)C1C=CC(CC(C)C)C(CC(C)C)C1C(=O)OCCCC. The van der Waals surface area contributed by atoms with Crippen LogP contribution in [0.3, 0.4) is 0 Å². The van der Waals surface area contributed by atoms with Gasteiger partial charge in [0.1, 0.15) is 0 Å². The van der Waals surface area contributed by atoms with Crippen molar-refractivity contribution >= 4 is 11.9 Å². The molecule has 0 aromatic heterocycles. The molecule has 0 heterocycles. The van der Waals surface area contributed by atoms with E-state index in [1.54, 1.807) is 0 Å². The molecule has 0 spiro atoms. The van der Waals surface area contributed by atoms with E-state index >= 15 is 0 Å². The van der Waals surface area contributed by atoms with Crippen LogP contribution in [0, 0.1) is 35.5 Å². The van der Waals surface area contributed by atoms with Gasteiger partial charge in [0.15, 0.2) is 0 Å². The Hall–Kier alpha value is -1.32. The van der Waals surface area contributed by atoms with Gasteiger partial charge in [0, 0.05) is 0 Å². The molecule has 0 radical (unpaired) electrons. The van der Waals surface area contributed by atoms with Crippen LogP contribution in [0.1, 0.15) is 80.1 Å². The fraction of sp³-hybridized carbons (Fsp3) is 0.833. The van der Waals surface area contributed by atoms with Crippen molar-refractivity contribution < 1.29 is 19.1 Å². The third-order valence-corrected chi connectivity index (χ3v) is 5.48. The van der Waals surface area contributed by atoms with Gasteiger partial charge in [0.2, 0.25) is 0 Å². The van der Waals surface area contributed by atoms with E-state index in [4.69, 9.17) is 9.47 Å². The van der Waals surface area contributed by atoms with Crippen LogP contribution in [0.25, 0.3) is 0 Å². The minimum absolute atomic E-state index is 0.116. The second-order valence-corrected chi connectivity index (χ2v) is 9.07. The quantitative estimate of drug-likeness (QED) is 0.238. The highest BCUT2D eigenvalue weighted by molar-refractivity contribution is 5.84. The summed E-state index contributed by atoms with van der Waals surface area (Å²) in [7, 11) is 0. The molecule has 1 aliphatic carbocycles. The zero-order chi connectivity index (χ0) is 21.1. The van der Waals surface area contributed by atoms with Crippen molar-refractivity contribution in [3.63, 3.8) is 0 Å². The van der Waals surface area contributed by atoms with Crippen molar-refractivity contribution in [1.82, 2.24) is 0 Å². The van der Waals surface area contributed by atoms with Crippen LogP contribution in [-0.2, 0) is 19.1 Å². The number of rotatable bonds is 12. The third kappa shape index (κ3) is 7.97. The lowest BCUT2D eigenvalue weighted by molar-refractivity contribution is -0.163. The minimum atomic E-state index is -0.529. The van der Waals surface area contributed by atoms with E-state index in [-0.39, 0.29) is 17.9 Å². The standard InChI is InChI=1S/C24H42O4/c1-7-9-13-27-23(25)20-12-11-19(15-17(3)4)21(16-18(5)6)22(20)24(26)28-14-10-8-2/h11-12,17-22H,7-10,13-16H2,1-6H3. The normalized spacial score (nSPS) is 24.6. The lowest BCUT2D eigenvalue weighted by Gasteiger charge is -2.39. The maximum Gasteiger partial charge on any atom is 0.313 e. The van der Waals surface area contributed by atoms with Crippen LogP contribution in [0.15, 0.2) is 12.2 Å². The number of unbranched alkanes of at least 4 members (excludes halogenated alkanes) is 2. The molecule has 0 bridgehead atoms. The molecule has 0 aromatic carbocycles. The summed E-state index contributed by atoms with van der Waals surface area (Å²) in [6.07, 6.45) is 9.66. The molecule has 4 heteroatoms. The van der Waals surface area contributed by atoms with E-state index in [1.807, 2.05) is 6.08 Å². The van der Waals surface area contributed by atoms with Crippen LogP contribution in [0.5, 0.6) is 0 Å². The maximum absolute atomic E-state index is 13.1. The van der Waals surface area contributed by atoms with Crippen LogP contribution >= 0.6 is 0 Å². The molecule has 162 valence electrons. The van der Waals surface area contributed by atoms with E-state index < -0.39 is 11.8 Å². The molecule has 0 saturated heterocycles. The second-order valence-electron chi connectivity index (χ2n) is 9.07. The predicted octanol–water partition coefficient (Wildman–Crippen LogP) is 5.80. The monoisotopic (exact) mass is 394 g/mol. The Morgan fingerprint density at radius 3 is 1.86 bits per heavy atom. The number of hydrogen-bond acceptors (Lipinski definition) is 4. The van der Waals surface area contributed by atoms with Crippen LogP contribution in [0.4, 0.5) is 0 Å². The Morgan fingerprint density at radius 2 is 1.36 bits per heavy atom. The summed E-state index contributed by atoms with van der Waals surface area (Å²) in [4.78, 5) is 25.9. The summed E-state index contributed by atoms with van der Waals surface area (Å²) in [5.74, 6) is -0.0760. The Bertz CT molecular complexity index is 495. The van der Waals surface area contributed by atoms with Gasteiger partial charge in [-0.25, -0.2) is 0 Å². The molecule has 4 unspecified atom stereocenters. The molecule has 0 amide bonds. The first-order valence-electron chi connectivity index (χ1n) is 11.3. The van der Waals surface area contributed by atoms with E-state index in [1.165, 1.54) is 0 Å². The highest BCUT2D eigenvalue weighted by atomic mass is 16.5. The maximum atomic E-state index is 13.1. The lowest BCUT2D eigenvalue weighted by atomic mass is 9.65. The first-order valence-corrected chi connectivity index (χ1v) is 11.3. The molecule has 4 nitrogen and oxygen atoms in total. The molecule has 0 N–H and O–H groups in total.